The number of nitrogens with zero attached hydrogens (tertiary/aromatic N) is 3. The van der Waals surface area contributed by atoms with Crippen molar-refractivity contribution in [1.82, 2.24) is 19.9 Å². The number of halogens is 4. The molecule has 0 spiro atoms. The molecule has 0 aliphatic heterocycles. The summed E-state index contributed by atoms with van der Waals surface area (Å²) in [6.07, 6.45) is -0.614. The van der Waals surface area contributed by atoms with Crippen molar-refractivity contribution in [1.29, 1.82) is 0 Å². The van der Waals surface area contributed by atoms with Crippen LogP contribution in [-0.2, 0) is 0 Å². The lowest BCUT2D eigenvalue weighted by Gasteiger charge is -2.30. The zero-order valence-electron chi connectivity index (χ0n) is 17.4. The molecule has 0 radical (unpaired) electrons. The Balaban J connectivity index is 1.92. The van der Waals surface area contributed by atoms with E-state index in [1.165, 1.54) is 30.8 Å². The summed E-state index contributed by atoms with van der Waals surface area (Å²) in [4.78, 5) is 17.1. The van der Waals surface area contributed by atoms with Crippen LogP contribution in [0.2, 0.25) is 0 Å². The van der Waals surface area contributed by atoms with Gasteiger partial charge >= 0.3 is 6.36 Å². The first-order chi connectivity index (χ1) is 14.8. The largest absolute Gasteiger partial charge is 0.573 e. The van der Waals surface area contributed by atoms with Crippen LogP contribution in [-0.4, -0.2) is 37.6 Å². The van der Waals surface area contributed by atoms with E-state index in [0.717, 1.165) is 29.3 Å². The minimum atomic E-state index is -5.06. The van der Waals surface area contributed by atoms with Crippen LogP contribution < -0.4 is 10.1 Å². The van der Waals surface area contributed by atoms with Crippen molar-refractivity contribution in [2.75, 3.05) is 0 Å². The highest BCUT2D eigenvalue weighted by molar-refractivity contribution is 6.00. The first-order valence-electron chi connectivity index (χ1n) is 9.34. The minimum Gasteiger partial charge on any atom is -0.403 e. The average Bonchev–Trinajstić information content (AvgIpc) is 3.09. The Labute approximate surface area is 180 Å². The number of aromatic nitrogens is 3. The molecule has 2 heterocycles. The summed E-state index contributed by atoms with van der Waals surface area (Å²) in [5.74, 6) is -2.99. The Morgan fingerprint density at radius 1 is 1.28 bits per heavy atom. The highest BCUT2D eigenvalue weighted by Gasteiger charge is 2.34. The lowest BCUT2D eigenvalue weighted by molar-refractivity contribution is -0.275. The number of carbonyl (C=O) groups excluding carboxylic acids is 1. The van der Waals surface area contributed by atoms with Gasteiger partial charge in [0, 0.05) is 18.0 Å². The molecular weight excluding hydrogens is 432 g/mol. The van der Waals surface area contributed by atoms with E-state index < -0.39 is 35.5 Å². The Hall–Kier alpha value is -3.47. The van der Waals surface area contributed by atoms with E-state index in [1.54, 1.807) is 13.1 Å². The van der Waals surface area contributed by atoms with Crippen molar-refractivity contribution in [3.8, 4) is 5.75 Å². The number of aliphatic hydroxyl groups is 1. The van der Waals surface area contributed by atoms with E-state index in [2.05, 4.69) is 26.7 Å². The third-order valence-corrected chi connectivity index (χ3v) is 4.59. The second-order valence-corrected chi connectivity index (χ2v) is 7.75. The van der Waals surface area contributed by atoms with Crippen molar-refractivity contribution in [2.45, 2.75) is 38.8 Å². The molecular formula is C21H20F4N4O3. The van der Waals surface area contributed by atoms with E-state index >= 15 is 0 Å². The molecule has 1 amide bonds. The smallest absolute Gasteiger partial charge is 0.403 e. The van der Waals surface area contributed by atoms with Gasteiger partial charge in [-0.3, -0.25) is 4.79 Å². The summed E-state index contributed by atoms with van der Waals surface area (Å²) < 4.78 is 56.4. The maximum absolute atomic E-state index is 14.2. The van der Waals surface area contributed by atoms with Crippen molar-refractivity contribution in [2.24, 2.45) is 0 Å². The summed E-state index contributed by atoms with van der Waals surface area (Å²) in [6, 6.07) is 1.49. The first-order valence-corrected chi connectivity index (χ1v) is 9.34. The summed E-state index contributed by atoms with van der Waals surface area (Å²) >= 11 is 0. The Morgan fingerprint density at radius 2 is 1.97 bits per heavy atom. The fraction of sp³-hybridized carbons (Fsp3) is 0.286. The van der Waals surface area contributed by atoms with E-state index in [4.69, 9.17) is 0 Å². The second kappa shape index (κ2) is 8.23. The lowest BCUT2D eigenvalue weighted by Crippen LogP contribution is -2.42. The number of benzene rings is 1. The Bertz CT molecular complexity index is 1180. The van der Waals surface area contributed by atoms with Crippen LogP contribution in [0.5, 0.6) is 5.75 Å². The van der Waals surface area contributed by atoms with Gasteiger partial charge in [0.2, 0.25) is 0 Å². The van der Waals surface area contributed by atoms with Gasteiger partial charge in [-0.2, -0.15) is 5.10 Å². The first kappa shape index (κ1) is 23.2. The maximum atomic E-state index is 14.2. The van der Waals surface area contributed by atoms with Crippen LogP contribution in [0, 0.1) is 5.82 Å². The molecule has 3 aromatic rings. The number of hydrogen-bond donors (Lipinski definition) is 2. The van der Waals surface area contributed by atoms with Gasteiger partial charge in [-0.15, -0.1) is 13.2 Å². The molecule has 0 aliphatic rings. The minimum absolute atomic E-state index is 0.0341. The van der Waals surface area contributed by atoms with Crippen LogP contribution in [0.25, 0.3) is 11.2 Å². The quantitative estimate of drug-likeness (QED) is 0.551. The Kier molecular flexibility index (Phi) is 5.96. The monoisotopic (exact) mass is 452 g/mol. The van der Waals surface area contributed by atoms with E-state index in [-0.39, 0.29) is 16.8 Å². The Morgan fingerprint density at radius 3 is 2.53 bits per heavy atom. The van der Waals surface area contributed by atoms with E-state index in [9.17, 15) is 27.5 Å². The fourth-order valence-corrected chi connectivity index (χ4v) is 3.04. The molecule has 0 aliphatic carbocycles. The molecule has 11 heteroatoms. The number of amides is 1. The molecule has 1 atom stereocenters. The van der Waals surface area contributed by atoms with Gasteiger partial charge < -0.3 is 15.2 Å². The van der Waals surface area contributed by atoms with Crippen LogP contribution >= 0.6 is 0 Å². The predicted octanol–water partition coefficient (Wildman–Crippen LogP) is 4.04. The van der Waals surface area contributed by atoms with Crippen LogP contribution in [0.3, 0.4) is 0 Å². The predicted molar refractivity (Wildman–Crippen MR) is 107 cm³/mol. The van der Waals surface area contributed by atoms with Gasteiger partial charge in [-0.25, -0.2) is 13.9 Å². The van der Waals surface area contributed by atoms with Gasteiger partial charge in [0.05, 0.1) is 17.8 Å². The standard InChI is InChI=1S/C21H20F4N4O3/c1-11(2)13-8-26-18-14(9-27-29(18)10-13)19(30)28-17(20(3,4)31)12-5-6-16(15(22)7-12)32-21(23,24)25/h5-10,17,31H,1H2,2-4H3,(H,28,30). The molecule has 0 saturated carbocycles. The highest BCUT2D eigenvalue weighted by atomic mass is 19.4. The molecule has 0 fully saturated rings. The van der Waals surface area contributed by atoms with Crippen molar-refractivity contribution >= 4 is 17.1 Å². The molecule has 1 aromatic carbocycles. The van der Waals surface area contributed by atoms with Crippen molar-refractivity contribution in [3.05, 3.63) is 65.9 Å². The molecule has 170 valence electrons. The third kappa shape index (κ3) is 5.05. The van der Waals surface area contributed by atoms with Gasteiger partial charge in [0.25, 0.3) is 5.91 Å². The lowest BCUT2D eigenvalue weighted by atomic mass is 9.91. The van der Waals surface area contributed by atoms with Crippen molar-refractivity contribution in [3.63, 3.8) is 0 Å². The number of fused-ring (bicyclic) bond motifs is 1. The summed E-state index contributed by atoms with van der Waals surface area (Å²) in [6.45, 7) is 8.34. The number of carbonyl (C=O) groups is 1. The van der Waals surface area contributed by atoms with Gasteiger partial charge in [0.15, 0.2) is 17.2 Å². The number of allylic oxidation sites excluding steroid dienone is 1. The molecule has 32 heavy (non-hydrogen) atoms. The SMILES string of the molecule is C=C(C)c1cnc2c(C(=O)NC(c3ccc(OC(F)(F)F)c(F)c3)C(C)(C)O)cnn2c1. The molecule has 2 N–H and O–H groups in total. The number of ether oxygens (including phenoxy) is 1. The zero-order chi connectivity index (χ0) is 23.8. The van der Waals surface area contributed by atoms with Gasteiger partial charge in [-0.1, -0.05) is 12.6 Å². The normalized spacial score (nSPS) is 13.1. The van der Waals surface area contributed by atoms with E-state index in [0.29, 0.717) is 0 Å². The fourth-order valence-electron chi connectivity index (χ4n) is 3.04. The van der Waals surface area contributed by atoms with Crippen molar-refractivity contribution < 1.29 is 32.2 Å². The third-order valence-electron chi connectivity index (χ3n) is 4.59. The molecule has 0 saturated heterocycles. The summed E-state index contributed by atoms with van der Waals surface area (Å²) in [5.41, 5.74) is 0.235. The second-order valence-electron chi connectivity index (χ2n) is 7.75. The molecule has 0 bridgehead atoms. The topological polar surface area (TPSA) is 88.8 Å². The van der Waals surface area contributed by atoms with Crippen LogP contribution in [0.15, 0.2) is 43.4 Å². The maximum Gasteiger partial charge on any atom is 0.573 e. The van der Waals surface area contributed by atoms with Crippen LogP contribution in [0.4, 0.5) is 17.6 Å². The summed E-state index contributed by atoms with van der Waals surface area (Å²) in [7, 11) is 0. The number of alkyl halides is 3. The molecule has 7 nitrogen and oxygen atoms in total. The van der Waals surface area contributed by atoms with Crippen LogP contribution in [0.1, 0.15) is 48.3 Å². The van der Waals surface area contributed by atoms with Gasteiger partial charge in [0.1, 0.15) is 5.56 Å². The number of hydrogen-bond acceptors (Lipinski definition) is 5. The van der Waals surface area contributed by atoms with E-state index in [1.807, 2.05) is 0 Å². The molecule has 2 aromatic heterocycles. The van der Waals surface area contributed by atoms with Gasteiger partial charge in [-0.05, 0) is 44.0 Å². The zero-order valence-corrected chi connectivity index (χ0v) is 17.4. The average molecular weight is 452 g/mol. The number of rotatable bonds is 6. The summed E-state index contributed by atoms with van der Waals surface area (Å²) in [5, 5.41) is 17.2. The molecule has 3 rings (SSSR count). The number of nitrogens with one attached hydrogen (secondary N) is 1. The highest BCUT2D eigenvalue weighted by Crippen LogP contribution is 2.31. The molecule has 1 unspecified atom stereocenters.